The highest BCUT2D eigenvalue weighted by atomic mass is 35.5. The van der Waals surface area contributed by atoms with Crippen molar-refractivity contribution in [2.45, 2.75) is 59.2 Å². The van der Waals surface area contributed by atoms with E-state index in [9.17, 15) is 23.1 Å². The molecule has 0 bridgehead atoms. The van der Waals surface area contributed by atoms with Gasteiger partial charge in [-0.05, 0) is 49.4 Å². The van der Waals surface area contributed by atoms with Gasteiger partial charge in [-0.2, -0.15) is 4.98 Å². The second-order valence-electron chi connectivity index (χ2n) is 15.6. The minimum Gasteiger partial charge on any atom is -0.497 e. The predicted molar refractivity (Wildman–Crippen MR) is 235 cm³/mol. The summed E-state index contributed by atoms with van der Waals surface area (Å²) in [6, 6.07) is 7.55. The van der Waals surface area contributed by atoms with Gasteiger partial charge in [-0.3, -0.25) is 14.3 Å². The van der Waals surface area contributed by atoms with Crippen molar-refractivity contribution in [3.05, 3.63) is 47.1 Å². The maximum Gasteiger partial charge on any atom is 0.246 e. The number of aryl methyl sites for hydroxylation is 1. The number of sulfonamides is 1. The fourth-order valence-electron chi connectivity index (χ4n) is 6.24. The van der Waals surface area contributed by atoms with Crippen molar-refractivity contribution in [2.75, 3.05) is 102 Å². The van der Waals surface area contributed by atoms with Crippen molar-refractivity contribution in [1.82, 2.24) is 20.2 Å². The van der Waals surface area contributed by atoms with E-state index in [1.165, 1.54) is 19.4 Å². The molecule has 1 saturated heterocycles. The van der Waals surface area contributed by atoms with Gasteiger partial charge in [-0.25, -0.2) is 13.4 Å². The number of aromatic nitrogens is 2. The number of amides is 2. The Balaban J connectivity index is 1.13. The molecule has 19 nitrogen and oxygen atoms in total. The highest BCUT2D eigenvalue weighted by molar-refractivity contribution is 7.92. The Morgan fingerprint density at radius 2 is 1.55 bits per heavy atom. The second kappa shape index (κ2) is 23.7. The van der Waals surface area contributed by atoms with E-state index in [0.717, 1.165) is 11.8 Å². The monoisotopic (exact) mass is 909 g/mol. The molecule has 3 aromatic rings. The fourth-order valence-corrected chi connectivity index (χ4v) is 6.94. The third-order valence-corrected chi connectivity index (χ3v) is 10.2. The maximum atomic E-state index is 13.2. The lowest BCUT2D eigenvalue weighted by molar-refractivity contribution is -0.141. The molecule has 344 valence electrons. The number of anilines is 5. The third kappa shape index (κ3) is 15.9. The lowest BCUT2D eigenvalue weighted by Gasteiger charge is -2.35. The summed E-state index contributed by atoms with van der Waals surface area (Å²) in [5.74, 6) is 1.25. The molecule has 0 saturated carbocycles. The van der Waals surface area contributed by atoms with Gasteiger partial charge in [-0.1, -0.05) is 32.4 Å². The van der Waals surface area contributed by atoms with E-state index < -0.39 is 33.5 Å². The molecule has 1 aromatic heterocycles. The Kier molecular flexibility index (Phi) is 19.1. The molecule has 1 aliphatic rings. The lowest BCUT2D eigenvalue weighted by Crippen LogP contribution is -2.56. The largest absolute Gasteiger partial charge is 0.497 e. The summed E-state index contributed by atoms with van der Waals surface area (Å²) in [6.07, 6.45) is 2.42. The number of nitrogens with zero attached hydrogens (tertiary/aromatic N) is 3. The zero-order valence-electron chi connectivity index (χ0n) is 36.5. The third-order valence-electron chi connectivity index (χ3n) is 9.36. The van der Waals surface area contributed by atoms with Crippen molar-refractivity contribution in [3.8, 4) is 17.2 Å². The summed E-state index contributed by atoms with van der Waals surface area (Å²) in [5, 5.41) is 19.2. The molecule has 0 aliphatic carbocycles. The Hall–Kier alpha value is -4.70. The minimum atomic E-state index is -3.61. The van der Waals surface area contributed by atoms with Crippen LogP contribution in [-0.4, -0.2) is 145 Å². The first kappa shape index (κ1) is 50.0. The number of nitrogens with one attached hydrogen (secondary N) is 4. The molecule has 3 atom stereocenters. The molecule has 5 N–H and O–H groups in total. The SMILES string of the molecule is COc1ccc(Nc2nc(Nc3cc(OCCOCCOCCOCCOCC(=O)N[C@H](C(=O)N4C[C@H](O)C[C@H]4C)C(C)(C)C)c(OC)cc3C)ncc2Cl)c(NS(C)(=O)=O)c1. The number of carbonyl (C=O) groups is 2. The number of benzene rings is 2. The summed E-state index contributed by atoms with van der Waals surface area (Å²) >= 11 is 6.42. The molecule has 62 heavy (non-hydrogen) atoms. The minimum absolute atomic E-state index is 0.0975. The van der Waals surface area contributed by atoms with Crippen molar-refractivity contribution < 1.29 is 56.3 Å². The molecule has 2 heterocycles. The molecule has 2 aromatic carbocycles. The molecular formula is C41H60ClN7O12S. The molecule has 1 fully saturated rings. The van der Waals surface area contributed by atoms with Crippen LogP contribution in [0.1, 0.15) is 39.7 Å². The molecule has 1 aliphatic heterocycles. The van der Waals surface area contributed by atoms with Crippen LogP contribution in [-0.2, 0) is 38.6 Å². The zero-order chi connectivity index (χ0) is 45.5. The van der Waals surface area contributed by atoms with E-state index in [4.69, 9.17) is 44.8 Å². The van der Waals surface area contributed by atoms with E-state index in [2.05, 4.69) is 30.6 Å². The number of halogens is 1. The van der Waals surface area contributed by atoms with Crippen LogP contribution in [0.3, 0.4) is 0 Å². The molecule has 2 amide bonds. The van der Waals surface area contributed by atoms with E-state index >= 15 is 0 Å². The number of rotatable bonds is 25. The number of likely N-dealkylation sites (tertiary alicyclic amines) is 1. The number of ether oxygens (including phenoxy) is 7. The van der Waals surface area contributed by atoms with Gasteiger partial charge in [0.25, 0.3) is 0 Å². The first-order chi connectivity index (χ1) is 29.4. The van der Waals surface area contributed by atoms with Crippen LogP contribution in [0.15, 0.2) is 36.5 Å². The summed E-state index contributed by atoms with van der Waals surface area (Å²) in [5.41, 5.74) is 1.56. The Labute approximate surface area is 368 Å². The van der Waals surface area contributed by atoms with Crippen LogP contribution in [0.4, 0.5) is 28.8 Å². The predicted octanol–water partition coefficient (Wildman–Crippen LogP) is 4.27. The number of β-amino-alcohol motifs (C(OH)–C–C–N with tert-alkyl or cyclic N) is 1. The van der Waals surface area contributed by atoms with E-state index in [-0.39, 0.29) is 74.0 Å². The van der Waals surface area contributed by atoms with Crippen molar-refractivity contribution in [3.63, 3.8) is 0 Å². The van der Waals surface area contributed by atoms with Gasteiger partial charge in [0, 0.05) is 30.4 Å². The number of hydrogen-bond donors (Lipinski definition) is 5. The number of hydrogen-bond acceptors (Lipinski definition) is 16. The summed E-state index contributed by atoms with van der Waals surface area (Å²) in [6.45, 7) is 11.8. The summed E-state index contributed by atoms with van der Waals surface area (Å²) in [4.78, 5) is 36.2. The molecular weight excluding hydrogens is 850 g/mol. The number of methoxy groups -OCH3 is 2. The first-order valence-corrected chi connectivity index (χ1v) is 22.3. The average molecular weight is 910 g/mol. The van der Waals surface area contributed by atoms with Gasteiger partial charge in [0.15, 0.2) is 17.3 Å². The first-order valence-electron chi connectivity index (χ1n) is 20.0. The maximum absolute atomic E-state index is 13.2. The zero-order valence-corrected chi connectivity index (χ0v) is 38.1. The van der Waals surface area contributed by atoms with Crippen molar-refractivity contribution in [1.29, 1.82) is 0 Å². The number of aliphatic hydroxyl groups is 1. The van der Waals surface area contributed by atoms with Gasteiger partial charge in [0.05, 0.1) is 90.4 Å². The van der Waals surface area contributed by atoms with Gasteiger partial charge in [0.1, 0.15) is 30.0 Å². The highest BCUT2D eigenvalue weighted by Crippen LogP contribution is 2.36. The average Bonchev–Trinajstić information content (AvgIpc) is 3.55. The summed E-state index contributed by atoms with van der Waals surface area (Å²) < 4.78 is 65.5. The highest BCUT2D eigenvalue weighted by Gasteiger charge is 2.40. The van der Waals surface area contributed by atoms with Crippen LogP contribution in [0, 0.1) is 12.3 Å². The van der Waals surface area contributed by atoms with Crippen LogP contribution < -0.4 is 34.9 Å². The van der Waals surface area contributed by atoms with Crippen molar-refractivity contribution >= 4 is 62.3 Å². The molecule has 0 spiro atoms. The van der Waals surface area contributed by atoms with E-state index in [1.54, 1.807) is 30.2 Å². The summed E-state index contributed by atoms with van der Waals surface area (Å²) in [7, 11) is -0.585. The number of aliphatic hydroxyl groups excluding tert-OH is 1. The lowest BCUT2D eigenvalue weighted by atomic mass is 9.85. The van der Waals surface area contributed by atoms with Gasteiger partial charge in [0.2, 0.25) is 27.8 Å². The molecule has 0 unspecified atom stereocenters. The molecule has 4 rings (SSSR count). The molecule has 0 radical (unpaired) electrons. The second-order valence-corrected chi connectivity index (χ2v) is 17.7. The quantitative estimate of drug-likeness (QED) is 0.0748. The number of carbonyl (C=O) groups excluding carboxylic acids is 2. The van der Waals surface area contributed by atoms with Crippen LogP contribution in [0.5, 0.6) is 17.2 Å². The van der Waals surface area contributed by atoms with E-state index in [0.29, 0.717) is 61.5 Å². The molecule has 21 heteroatoms. The standard InChI is InChI=1S/C41H60ClN7O12S/c1-26-19-34(56-7)35(22-32(26)45-40-43-23-30(42)38(47-40)44-31-10-9-29(55-6)21-33(31)48-62(8,53)54)61-18-17-59-14-13-57-11-12-58-15-16-60-25-36(51)46-37(41(3,4)5)39(52)49-24-28(50)20-27(49)2/h9-10,19,21-23,27-28,37,48,50H,11-18,20,24-25H2,1-8H3,(H,46,51)(H2,43,44,45,47)/t27-,28-,37-/m1/s1. The van der Waals surface area contributed by atoms with Crippen molar-refractivity contribution in [2.24, 2.45) is 5.41 Å². The van der Waals surface area contributed by atoms with Crippen LogP contribution in [0.25, 0.3) is 0 Å². The van der Waals surface area contributed by atoms with Gasteiger partial charge in [-0.15, -0.1) is 0 Å². The topological polar surface area (TPSA) is 230 Å². The van der Waals surface area contributed by atoms with Crippen LogP contribution in [0.2, 0.25) is 5.02 Å². The smallest absolute Gasteiger partial charge is 0.246 e. The van der Waals surface area contributed by atoms with Gasteiger partial charge < -0.3 is 59.1 Å². The Bertz CT molecular complexity index is 2060. The Morgan fingerprint density at radius 1 is 0.903 bits per heavy atom. The van der Waals surface area contributed by atoms with E-state index in [1.807, 2.05) is 40.7 Å². The Morgan fingerprint density at radius 3 is 2.13 bits per heavy atom. The van der Waals surface area contributed by atoms with Crippen LogP contribution >= 0.6 is 11.6 Å². The fraction of sp³-hybridized carbons (Fsp3) is 0.561. The van der Waals surface area contributed by atoms with Gasteiger partial charge >= 0.3 is 0 Å². The normalized spacial score (nSPS) is 15.8.